The largest absolute Gasteiger partial charge is 0.329 e. The van der Waals surface area contributed by atoms with Gasteiger partial charge in [-0.05, 0) is 46.3 Å². The normalized spacial score (nSPS) is 9.71. The molecule has 17 heavy (non-hydrogen) atoms. The van der Waals surface area contributed by atoms with Gasteiger partial charge in [-0.1, -0.05) is 12.1 Å². The van der Waals surface area contributed by atoms with Gasteiger partial charge in [0.2, 0.25) is 0 Å². The summed E-state index contributed by atoms with van der Waals surface area (Å²) in [5, 5.41) is 8.87. The highest BCUT2D eigenvalue weighted by Gasteiger charge is 2.06. The van der Waals surface area contributed by atoms with E-state index in [1.807, 2.05) is 48.3 Å². The maximum atomic E-state index is 8.87. The van der Waals surface area contributed by atoms with Crippen LogP contribution in [0.15, 0.2) is 47.1 Å². The molecule has 0 N–H and O–H groups in total. The monoisotopic (exact) mass is 287 g/mol. The number of benzene rings is 1. The molecule has 2 rings (SSSR count). The molecular weight excluding hydrogens is 278 g/mol. The Morgan fingerprint density at radius 1 is 1.24 bits per heavy atom. The Kier molecular flexibility index (Phi) is 3.40. The minimum Gasteiger partial charge on any atom is -0.329 e. The van der Waals surface area contributed by atoms with Crippen molar-refractivity contribution in [3.63, 3.8) is 0 Å². The summed E-state index contributed by atoms with van der Waals surface area (Å²) >= 11 is 3.34. The molecule has 0 aliphatic carbocycles. The molecule has 0 saturated heterocycles. The summed E-state index contributed by atoms with van der Waals surface area (Å²) in [5.74, 6) is 0.828. The van der Waals surface area contributed by atoms with Crippen molar-refractivity contribution in [2.75, 3.05) is 11.9 Å². The number of hydrogen-bond acceptors (Lipinski definition) is 3. The number of aromatic nitrogens is 1. The Morgan fingerprint density at radius 2 is 2.00 bits per heavy atom. The van der Waals surface area contributed by atoms with Crippen LogP contribution in [0.25, 0.3) is 0 Å². The predicted molar refractivity (Wildman–Crippen MR) is 71.2 cm³/mol. The van der Waals surface area contributed by atoms with E-state index in [4.69, 9.17) is 5.26 Å². The summed E-state index contributed by atoms with van der Waals surface area (Å²) < 4.78 is 0.790. The highest BCUT2D eigenvalue weighted by atomic mass is 79.9. The molecule has 1 aromatic carbocycles. The minimum atomic E-state index is 0.643. The van der Waals surface area contributed by atoms with Crippen LogP contribution >= 0.6 is 15.9 Å². The van der Waals surface area contributed by atoms with Gasteiger partial charge in [-0.25, -0.2) is 4.98 Å². The molecule has 1 heterocycles. The first-order valence-electron chi connectivity index (χ1n) is 5.07. The summed E-state index contributed by atoms with van der Waals surface area (Å²) in [7, 11) is 1.92. The van der Waals surface area contributed by atoms with Crippen LogP contribution in [0, 0.1) is 11.3 Å². The van der Waals surface area contributed by atoms with Crippen molar-refractivity contribution in [2.45, 2.75) is 0 Å². The molecule has 1 aromatic heterocycles. The smallest absolute Gasteiger partial charge is 0.134 e. The zero-order chi connectivity index (χ0) is 12.3. The van der Waals surface area contributed by atoms with E-state index < -0.39 is 0 Å². The summed E-state index contributed by atoms with van der Waals surface area (Å²) in [6.07, 6.45) is 0. The molecular formula is C13H10BrN3. The third kappa shape index (κ3) is 2.63. The van der Waals surface area contributed by atoms with Gasteiger partial charge in [-0.3, -0.25) is 0 Å². The van der Waals surface area contributed by atoms with E-state index in [2.05, 4.69) is 27.0 Å². The quantitative estimate of drug-likeness (QED) is 0.794. The minimum absolute atomic E-state index is 0.643. The van der Waals surface area contributed by atoms with Crippen molar-refractivity contribution in [2.24, 2.45) is 0 Å². The topological polar surface area (TPSA) is 39.9 Å². The van der Waals surface area contributed by atoms with Crippen LogP contribution < -0.4 is 4.90 Å². The van der Waals surface area contributed by atoms with Crippen molar-refractivity contribution in [1.29, 1.82) is 5.26 Å². The zero-order valence-corrected chi connectivity index (χ0v) is 10.8. The summed E-state index contributed by atoms with van der Waals surface area (Å²) in [6, 6.07) is 15.3. The number of rotatable bonds is 2. The van der Waals surface area contributed by atoms with Gasteiger partial charge in [0.1, 0.15) is 10.4 Å². The summed E-state index contributed by atoms with van der Waals surface area (Å²) in [4.78, 5) is 6.30. The van der Waals surface area contributed by atoms with Crippen LogP contribution in [0.3, 0.4) is 0 Å². The average molecular weight is 288 g/mol. The lowest BCUT2D eigenvalue weighted by Crippen LogP contribution is -2.11. The number of nitriles is 1. The van der Waals surface area contributed by atoms with Crippen LogP contribution in [-0.4, -0.2) is 12.0 Å². The van der Waals surface area contributed by atoms with Gasteiger partial charge in [0.25, 0.3) is 0 Å². The maximum Gasteiger partial charge on any atom is 0.134 e. The van der Waals surface area contributed by atoms with E-state index in [9.17, 15) is 0 Å². The van der Waals surface area contributed by atoms with Crippen LogP contribution in [0.5, 0.6) is 0 Å². The zero-order valence-electron chi connectivity index (χ0n) is 9.26. The van der Waals surface area contributed by atoms with Gasteiger partial charge >= 0.3 is 0 Å². The van der Waals surface area contributed by atoms with E-state index in [-0.39, 0.29) is 0 Å². The Labute approximate surface area is 108 Å². The molecule has 0 atom stereocenters. The van der Waals surface area contributed by atoms with Gasteiger partial charge in [0, 0.05) is 12.7 Å². The molecule has 0 bridgehead atoms. The first kappa shape index (κ1) is 11.6. The lowest BCUT2D eigenvalue weighted by Gasteiger charge is -2.18. The number of pyridine rings is 1. The fourth-order valence-corrected chi connectivity index (χ4v) is 1.83. The first-order valence-corrected chi connectivity index (χ1v) is 5.86. The van der Waals surface area contributed by atoms with Gasteiger partial charge in [-0.15, -0.1) is 0 Å². The molecule has 2 aromatic rings. The molecule has 0 unspecified atom stereocenters. The summed E-state index contributed by atoms with van der Waals surface area (Å²) in [5.41, 5.74) is 1.58. The van der Waals surface area contributed by atoms with E-state index in [1.54, 1.807) is 6.07 Å². The second-order valence-electron chi connectivity index (χ2n) is 3.54. The second-order valence-corrected chi connectivity index (χ2v) is 4.35. The van der Waals surface area contributed by atoms with Gasteiger partial charge < -0.3 is 4.90 Å². The SMILES string of the molecule is CN(c1cccc(C#N)c1)c1cccc(Br)n1. The van der Waals surface area contributed by atoms with Crippen molar-refractivity contribution in [3.05, 3.63) is 52.6 Å². The number of hydrogen-bond donors (Lipinski definition) is 0. The van der Waals surface area contributed by atoms with Gasteiger partial charge in [-0.2, -0.15) is 5.26 Å². The lowest BCUT2D eigenvalue weighted by atomic mass is 10.2. The van der Waals surface area contributed by atoms with E-state index in [0.717, 1.165) is 16.1 Å². The maximum absolute atomic E-state index is 8.87. The average Bonchev–Trinajstić information content (AvgIpc) is 2.38. The molecule has 0 saturated carbocycles. The Balaban J connectivity index is 2.37. The summed E-state index contributed by atoms with van der Waals surface area (Å²) in [6.45, 7) is 0. The van der Waals surface area contributed by atoms with Gasteiger partial charge in [0.05, 0.1) is 11.6 Å². The molecule has 0 amide bonds. The van der Waals surface area contributed by atoms with Crippen molar-refractivity contribution >= 4 is 27.4 Å². The van der Waals surface area contributed by atoms with E-state index in [1.165, 1.54) is 0 Å². The van der Waals surface area contributed by atoms with E-state index >= 15 is 0 Å². The molecule has 0 aliphatic heterocycles. The fourth-order valence-electron chi connectivity index (χ4n) is 1.50. The van der Waals surface area contributed by atoms with Crippen LogP contribution in [0.2, 0.25) is 0 Å². The van der Waals surface area contributed by atoms with Gasteiger partial charge in [0.15, 0.2) is 0 Å². The van der Waals surface area contributed by atoms with Crippen LogP contribution in [0.4, 0.5) is 11.5 Å². The standard InChI is InChI=1S/C13H10BrN3/c1-17(13-7-3-6-12(14)16-13)11-5-2-4-10(8-11)9-15/h2-8H,1H3. The molecule has 3 nitrogen and oxygen atoms in total. The number of anilines is 2. The first-order chi connectivity index (χ1) is 8.20. The lowest BCUT2D eigenvalue weighted by molar-refractivity contribution is 1.11. The third-order valence-corrected chi connectivity index (χ3v) is 2.85. The van der Waals surface area contributed by atoms with Crippen LogP contribution in [0.1, 0.15) is 5.56 Å². The predicted octanol–water partition coefficient (Wildman–Crippen LogP) is 3.48. The number of nitrogens with zero attached hydrogens (tertiary/aromatic N) is 3. The number of halogens is 1. The Hall–Kier alpha value is -1.86. The highest BCUT2D eigenvalue weighted by Crippen LogP contribution is 2.23. The molecule has 0 fully saturated rings. The third-order valence-electron chi connectivity index (χ3n) is 2.41. The van der Waals surface area contributed by atoms with E-state index in [0.29, 0.717) is 5.56 Å². The van der Waals surface area contributed by atoms with Crippen LogP contribution in [-0.2, 0) is 0 Å². The van der Waals surface area contributed by atoms with Crippen molar-refractivity contribution in [3.8, 4) is 6.07 Å². The molecule has 0 aliphatic rings. The Morgan fingerprint density at radius 3 is 2.71 bits per heavy atom. The molecule has 0 radical (unpaired) electrons. The Bertz CT molecular complexity index is 575. The molecule has 0 spiro atoms. The van der Waals surface area contributed by atoms with Crippen molar-refractivity contribution in [1.82, 2.24) is 4.98 Å². The fraction of sp³-hybridized carbons (Fsp3) is 0.0769. The second kappa shape index (κ2) is 4.98. The molecule has 4 heteroatoms. The molecule has 84 valence electrons. The highest BCUT2D eigenvalue weighted by molar-refractivity contribution is 9.10. The van der Waals surface area contributed by atoms with Crippen molar-refractivity contribution < 1.29 is 0 Å².